The molecular weight excluding hydrogens is 253 g/mol. The molecule has 1 heterocycles. The van der Waals surface area contributed by atoms with E-state index in [0.717, 1.165) is 24.2 Å². The van der Waals surface area contributed by atoms with Gasteiger partial charge in [0.15, 0.2) is 0 Å². The molecule has 0 aliphatic carbocycles. The van der Waals surface area contributed by atoms with E-state index in [1.807, 2.05) is 19.2 Å². The van der Waals surface area contributed by atoms with Crippen molar-refractivity contribution in [3.63, 3.8) is 0 Å². The van der Waals surface area contributed by atoms with Crippen LogP contribution in [0.15, 0.2) is 41.0 Å². The normalized spacial score (nSPS) is 12.6. The summed E-state index contributed by atoms with van der Waals surface area (Å²) in [4.78, 5) is 0. The summed E-state index contributed by atoms with van der Waals surface area (Å²) < 4.78 is 18.3. The molecule has 0 aliphatic heterocycles. The first-order valence-corrected chi connectivity index (χ1v) is 6.20. The summed E-state index contributed by atoms with van der Waals surface area (Å²) in [5, 5.41) is 3.69. The third-order valence-corrected chi connectivity index (χ3v) is 3.27. The van der Waals surface area contributed by atoms with Crippen molar-refractivity contribution in [2.24, 2.45) is 0 Å². The number of nitrogens with one attached hydrogen (secondary N) is 1. The van der Waals surface area contributed by atoms with Gasteiger partial charge in [-0.2, -0.15) is 0 Å². The lowest BCUT2D eigenvalue weighted by molar-refractivity contribution is 0.456. The van der Waals surface area contributed by atoms with E-state index in [-0.39, 0.29) is 11.9 Å². The van der Waals surface area contributed by atoms with Crippen molar-refractivity contribution in [3.05, 3.63) is 58.8 Å². The molecule has 0 bridgehead atoms. The molecule has 18 heavy (non-hydrogen) atoms. The van der Waals surface area contributed by atoms with Crippen LogP contribution in [0.5, 0.6) is 0 Å². The Balaban J connectivity index is 2.05. The van der Waals surface area contributed by atoms with Crippen LogP contribution in [-0.2, 0) is 12.8 Å². The number of likely N-dealkylation sites (N-methyl/N-ethyl adjacent to an activating group) is 1. The van der Waals surface area contributed by atoms with Crippen molar-refractivity contribution in [2.75, 3.05) is 7.05 Å². The molecule has 0 fully saturated rings. The maximum Gasteiger partial charge on any atom is 0.124 e. The highest BCUT2D eigenvalue weighted by Gasteiger charge is 2.12. The minimum absolute atomic E-state index is 0.208. The summed E-state index contributed by atoms with van der Waals surface area (Å²) >= 11 is 6.02. The van der Waals surface area contributed by atoms with Crippen LogP contribution >= 0.6 is 11.6 Å². The molecule has 2 aromatic rings. The zero-order valence-electron chi connectivity index (χ0n) is 10.1. The van der Waals surface area contributed by atoms with Gasteiger partial charge in [0.1, 0.15) is 11.6 Å². The van der Waals surface area contributed by atoms with Crippen LogP contribution in [0.2, 0.25) is 5.02 Å². The summed E-state index contributed by atoms with van der Waals surface area (Å²) in [5.41, 5.74) is 0.934. The number of halogens is 2. The molecule has 0 aliphatic rings. The van der Waals surface area contributed by atoms with Crippen LogP contribution in [0.1, 0.15) is 11.3 Å². The molecule has 0 saturated heterocycles. The predicted molar refractivity (Wildman–Crippen MR) is 70.4 cm³/mol. The number of benzene rings is 1. The van der Waals surface area contributed by atoms with Crippen molar-refractivity contribution >= 4 is 11.6 Å². The first-order chi connectivity index (χ1) is 8.69. The Bertz CT molecular complexity index is 499. The van der Waals surface area contributed by atoms with Crippen molar-refractivity contribution < 1.29 is 8.81 Å². The van der Waals surface area contributed by atoms with E-state index in [1.54, 1.807) is 12.3 Å². The Kier molecular flexibility index (Phi) is 4.39. The summed E-state index contributed by atoms with van der Waals surface area (Å²) in [7, 11) is 1.89. The Morgan fingerprint density at radius 1 is 1.33 bits per heavy atom. The predicted octanol–water partition coefficient (Wildman–Crippen LogP) is 3.45. The highest BCUT2D eigenvalue weighted by Crippen LogP contribution is 2.19. The molecule has 1 N–H and O–H groups in total. The molecule has 2 rings (SSSR count). The second-order valence-corrected chi connectivity index (χ2v) is 4.62. The van der Waals surface area contributed by atoms with Gasteiger partial charge >= 0.3 is 0 Å². The Labute approximate surface area is 111 Å². The van der Waals surface area contributed by atoms with Gasteiger partial charge in [0, 0.05) is 17.5 Å². The van der Waals surface area contributed by atoms with Gasteiger partial charge in [-0.05, 0) is 43.3 Å². The highest BCUT2D eigenvalue weighted by molar-refractivity contribution is 6.31. The monoisotopic (exact) mass is 267 g/mol. The smallest absolute Gasteiger partial charge is 0.124 e. The SMILES string of the molecule is CNC(Cc1ccco1)Cc1ccc(F)cc1Cl. The third-order valence-electron chi connectivity index (χ3n) is 2.92. The summed E-state index contributed by atoms with van der Waals surface area (Å²) in [5.74, 6) is 0.614. The molecule has 0 saturated carbocycles. The van der Waals surface area contributed by atoms with Crippen LogP contribution < -0.4 is 5.32 Å². The van der Waals surface area contributed by atoms with E-state index in [9.17, 15) is 4.39 Å². The zero-order valence-corrected chi connectivity index (χ0v) is 10.9. The van der Waals surface area contributed by atoms with Gasteiger partial charge in [-0.25, -0.2) is 4.39 Å². The standard InChI is InChI=1S/C14H15ClFNO/c1-17-12(9-13-3-2-6-18-13)7-10-4-5-11(16)8-14(10)15/h2-6,8,12,17H,7,9H2,1H3. The summed E-state index contributed by atoms with van der Waals surface area (Å²) in [6, 6.07) is 8.52. The molecule has 1 aromatic carbocycles. The second kappa shape index (κ2) is 6.03. The lowest BCUT2D eigenvalue weighted by atomic mass is 10.0. The minimum atomic E-state index is -0.309. The lowest BCUT2D eigenvalue weighted by Gasteiger charge is -2.15. The van der Waals surface area contributed by atoms with Crippen LogP contribution in [0, 0.1) is 5.82 Å². The van der Waals surface area contributed by atoms with Crippen LogP contribution in [0.3, 0.4) is 0 Å². The first-order valence-electron chi connectivity index (χ1n) is 5.82. The summed E-state index contributed by atoms with van der Waals surface area (Å²) in [6.45, 7) is 0. The average molecular weight is 268 g/mol. The van der Waals surface area contributed by atoms with Gasteiger partial charge in [-0.15, -0.1) is 0 Å². The van der Waals surface area contributed by atoms with E-state index < -0.39 is 0 Å². The molecule has 2 nitrogen and oxygen atoms in total. The van der Waals surface area contributed by atoms with E-state index in [0.29, 0.717) is 5.02 Å². The molecule has 1 atom stereocenters. The Morgan fingerprint density at radius 2 is 2.17 bits per heavy atom. The third kappa shape index (κ3) is 3.34. The van der Waals surface area contributed by atoms with E-state index in [2.05, 4.69) is 5.32 Å². The van der Waals surface area contributed by atoms with Gasteiger partial charge in [0.2, 0.25) is 0 Å². The maximum atomic E-state index is 13.0. The topological polar surface area (TPSA) is 25.2 Å². The molecule has 96 valence electrons. The van der Waals surface area contributed by atoms with Gasteiger partial charge in [0.25, 0.3) is 0 Å². The number of hydrogen-bond donors (Lipinski definition) is 1. The van der Waals surface area contributed by atoms with Crippen LogP contribution in [0.4, 0.5) is 4.39 Å². The van der Waals surface area contributed by atoms with Gasteiger partial charge in [-0.1, -0.05) is 17.7 Å². The fraction of sp³-hybridized carbons (Fsp3) is 0.286. The molecule has 1 aromatic heterocycles. The second-order valence-electron chi connectivity index (χ2n) is 4.21. The Hall–Kier alpha value is -1.32. The summed E-state index contributed by atoms with van der Waals surface area (Å²) in [6.07, 6.45) is 3.17. The fourth-order valence-corrected chi connectivity index (χ4v) is 2.14. The van der Waals surface area contributed by atoms with E-state index in [1.165, 1.54) is 12.1 Å². The van der Waals surface area contributed by atoms with Crippen molar-refractivity contribution in [3.8, 4) is 0 Å². The molecule has 1 unspecified atom stereocenters. The number of hydrogen-bond acceptors (Lipinski definition) is 2. The van der Waals surface area contributed by atoms with E-state index in [4.69, 9.17) is 16.0 Å². The molecule has 0 spiro atoms. The van der Waals surface area contributed by atoms with Crippen LogP contribution in [0.25, 0.3) is 0 Å². The Morgan fingerprint density at radius 3 is 2.78 bits per heavy atom. The van der Waals surface area contributed by atoms with Gasteiger partial charge in [-0.3, -0.25) is 0 Å². The number of rotatable bonds is 5. The van der Waals surface area contributed by atoms with Crippen molar-refractivity contribution in [1.82, 2.24) is 5.32 Å². The molecule has 0 radical (unpaired) electrons. The average Bonchev–Trinajstić information content (AvgIpc) is 2.84. The molecule has 4 heteroatoms. The zero-order chi connectivity index (χ0) is 13.0. The minimum Gasteiger partial charge on any atom is -0.469 e. The highest BCUT2D eigenvalue weighted by atomic mass is 35.5. The fourth-order valence-electron chi connectivity index (χ4n) is 1.90. The lowest BCUT2D eigenvalue weighted by Crippen LogP contribution is -2.29. The first kappa shape index (κ1) is 13.1. The number of furan rings is 1. The molecule has 0 amide bonds. The van der Waals surface area contributed by atoms with Crippen molar-refractivity contribution in [1.29, 1.82) is 0 Å². The quantitative estimate of drug-likeness (QED) is 0.898. The van der Waals surface area contributed by atoms with Crippen LogP contribution in [-0.4, -0.2) is 13.1 Å². The van der Waals surface area contributed by atoms with Crippen molar-refractivity contribution in [2.45, 2.75) is 18.9 Å². The largest absolute Gasteiger partial charge is 0.469 e. The maximum absolute atomic E-state index is 13.0. The molecular formula is C14H15ClFNO. The van der Waals surface area contributed by atoms with Gasteiger partial charge in [0.05, 0.1) is 6.26 Å². The van der Waals surface area contributed by atoms with Gasteiger partial charge < -0.3 is 9.73 Å². The van der Waals surface area contributed by atoms with E-state index >= 15 is 0 Å².